The van der Waals surface area contributed by atoms with Gasteiger partial charge in [-0.2, -0.15) is 0 Å². The Balaban J connectivity index is 0.000000980. The fourth-order valence-electron chi connectivity index (χ4n) is 3.70. The summed E-state index contributed by atoms with van der Waals surface area (Å²) >= 11 is 0. The molecule has 3 heterocycles. The molecule has 0 radical (unpaired) electrons. The topological polar surface area (TPSA) is 53.7 Å². The van der Waals surface area contributed by atoms with E-state index in [2.05, 4.69) is 68.6 Å². The second kappa shape index (κ2) is 7.17. The molecule has 0 amide bonds. The third-order valence-electron chi connectivity index (χ3n) is 4.90. The van der Waals surface area contributed by atoms with Crippen LogP contribution >= 0.6 is 24.8 Å². The van der Waals surface area contributed by atoms with Crippen molar-refractivity contribution in [2.45, 2.75) is 0 Å². The third-order valence-corrected chi connectivity index (χ3v) is 4.90. The van der Waals surface area contributed by atoms with Crippen LogP contribution in [-0.2, 0) is 7.05 Å². The van der Waals surface area contributed by atoms with Crippen LogP contribution < -0.4 is 10.6 Å². The fourth-order valence-corrected chi connectivity index (χ4v) is 3.70. The van der Waals surface area contributed by atoms with E-state index in [9.17, 15) is 0 Å². The second-order valence-corrected chi connectivity index (χ2v) is 6.34. The molecule has 5 rings (SSSR count). The van der Waals surface area contributed by atoms with Gasteiger partial charge in [-0.05, 0) is 36.4 Å². The van der Waals surface area contributed by atoms with Crippen molar-refractivity contribution in [3.63, 3.8) is 0 Å². The third kappa shape index (κ3) is 2.81. The molecule has 1 aromatic heterocycles. The summed E-state index contributed by atoms with van der Waals surface area (Å²) in [5.74, 6) is 2.01. The zero-order valence-electron chi connectivity index (χ0n) is 14.5. The lowest BCUT2D eigenvalue weighted by molar-refractivity contribution is 0.960. The van der Waals surface area contributed by atoms with Crippen molar-refractivity contribution in [2.75, 3.05) is 26.2 Å². The predicted molar refractivity (Wildman–Crippen MR) is 114 cm³/mol. The number of fused-ring (bicyclic) bond motifs is 3. The van der Waals surface area contributed by atoms with Crippen LogP contribution in [0.1, 0.15) is 11.1 Å². The van der Waals surface area contributed by atoms with Gasteiger partial charge < -0.3 is 15.2 Å². The van der Waals surface area contributed by atoms with Gasteiger partial charge in [-0.25, -0.2) is 0 Å². The van der Waals surface area contributed by atoms with Crippen molar-refractivity contribution in [1.82, 2.24) is 15.2 Å². The molecule has 2 N–H and O–H groups in total. The summed E-state index contributed by atoms with van der Waals surface area (Å²) < 4.78 is 2.26. The van der Waals surface area contributed by atoms with Gasteiger partial charge in [0.1, 0.15) is 11.7 Å². The molecular weight excluding hydrogens is 369 g/mol. The summed E-state index contributed by atoms with van der Waals surface area (Å²) in [6.07, 6.45) is 0. The van der Waals surface area contributed by atoms with Gasteiger partial charge in [0.25, 0.3) is 0 Å². The minimum atomic E-state index is 0. The highest BCUT2D eigenvalue weighted by Crippen LogP contribution is 2.30. The number of aromatic nitrogens is 1. The van der Waals surface area contributed by atoms with Gasteiger partial charge in [-0.3, -0.25) is 9.98 Å². The second-order valence-electron chi connectivity index (χ2n) is 6.34. The van der Waals surface area contributed by atoms with Crippen molar-refractivity contribution in [3.05, 3.63) is 47.5 Å². The molecule has 0 unspecified atom stereocenters. The molecule has 0 saturated heterocycles. The molecule has 0 spiro atoms. The zero-order valence-corrected chi connectivity index (χ0v) is 16.1. The molecule has 0 atom stereocenters. The molecule has 26 heavy (non-hydrogen) atoms. The zero-order chi connectivity index (χ0) is 16.1. The molecule has 3 aromatic rings. The molecule has 0 aliphatic carbocycles. The Hall–Kier alpha value is -2.24. The van der Waals surface area contributed by atoms with Crippen LogP contribution in [-0.4, -0.2) is 42.4 Å². The molecule has 2 aliphatic rings. The van der Waals surface area contributed by atoms with Crippen LogP contribution in [0.15, 0.2) is 46.4 Å². The first kappa shape index (κ1) is 18.5. The number of halogens is 2. The van der Waals surface area contributed by atoms with Crippen LogP contribution in [0.3, 0.4) is 0 Å². The van der Waals surface area contributed by atoms with Crippen molar-refractivity contribution in [2.24, 2.45) is 17.0 Å². The van der Waals surface area contributed by atoms with Crippen molar-refractivity contribution in [3.8, 4) is 0 Å². The number of nitrogens with zero attached hydrogens (tertiary/aromatic N) is 3. The quantitative estimate of drug-likeness (QED) is 0.707. The van der Waals surface area contributed by atoms with E-state index in [1.165, 1.54) is 21.8 Å². The Labute approximate surface area is 164 Å². The Kier molecular flexibility index (Phi) is 5.12. The van der Waals surface area contributed by atoms with E-state index >= 15 is 0 Å². The number of nitrogens with one attached hydrogen (secondary N) is 2. The van der Waals surface area contributed by atoms with E-state index in [0.717, 1.165) is 49.0 Å². The first-order chi connectivity index (χ1) is 11.8. The van der Waals surface area contributed by atoms with Crippen molar-refractivity contribution in [1.29, 1.82) is 0 Å². The van der Waals surface area contributed by atoms with Crippen LogP contribution in [0.2, 0.25) is 0 Å². The Bertz CT molecular complexity index is 954. The Morgan fingerprint density at radius 1 is 0.769 bits per heavy atom. The minimum Gasteiger partial charge on any atom is -0.368 e. The number of aryl methyl sites for hydroxylation is 1. The fraction of sp³-hybridized carbons (Fsp3) is 0.263. The lowest BCUT2D eigenvalue weighted by atomic mass is 10.1. The van der Waals surface area contributed by atoms with E-state index < -0.39 is 0 Å². The summed E-state index contributed by atoms with van der Waals surface area (Å²) in [7, 11) is 2.13. The summed E-state index contributed by atoms with van der Waals surface area (Å²) in [6.45, 7) is 3.58. The van der Waals surface area contributed by atoms with Gasteiger partial charge in [0.05, 0.1) is 13.1 Å². The smallest absolute Gasteiger partial charge is 0.128 e. The monoisotopic (exact) mass is 389 g/mol. The number of benzene rings is 2. The maximum Gasteiger partial charge on any atom is 0.128 e. The van der Waals surface area contributed by atoms with E-state index in [1.807, 2.05) is 0 Å². The van der Waals surface area contributed by atoms with Gasteiger partial charge in [0.15, 0.2) is 0 Å². The van der Waals surface area contributed by atoms with Gasteiger partial charge in [-0.1, -0.05) is 0 Å². The Morgan fingerprint density at radius 2 is 1.23 bits per heavy atom. The molecule has 0 fully saturated rings. The maximum atomic E-state index is 4.55. The maximum absolute atomic E-state index is 4.55. The van der Waals surface area contributed by atoms with Crippen LogP contribution in [0.5, 0.6) is 0 Å². The summed E-state index contributed by atoms with van der Waals surface area (Å²) in [5.41, 5.74) is 4.81. The number of hydrogen-bond donors (Lipinski definition) is 2. The van der Waals surface area contributed by atoms with Crippen molar-refractivity contribution >= 4 is 58.3 Å². The summed E-state index contributed by atoms with van der Waals surface area (Å²) in [6, 6.07) is 13.2. The minimum absolute atomic E-state index is 0. The Morgan fingerprint density at radius 3 is 1.62 bits per heavy atom. The van der Waals surface area contributed by atoms with Crippen molar-refractivity contribution < 1.29 is 0 Å². The number of aliphatic imine (C=N–C) groups is 2. The highest BCUT2D eigenvalue weighted by atomic mass is 35.5. The number of rotatable bonds is 2. The molecule has 0 saturated carbocycles. The van der Waals surface area contributed by atoms with E-state index in [1.54, 1.807) is 0 Å². The summed E-state index contributed by atoms with van der Waals surface area (Å²) in [5, 5.41) is 9.26. The lowest BCUT2D eigenvalue weighted by Crippen LogP contribution is -2.19. The highest BCUT2D eigenvalue weighted by molar-refractivity contribution is 6.13. The standard InChI is InChI=1S/C19H19N5.2ClH/c1-24-16-4-2-12(18-20-6-7-21-18)10-14(16)15-11-13(3-5-17(15)24)19-22-8-9-23-19;;/h2-5,10-11H,6-9H2,1H3,(H,20,21)(H,22,23);2*1H. The van der Waals surface area contributed by atoms with E-state index in [0.29, 0.717) is 0 Å². The number of hydrogen-bond acceptors (Lipinski definition) is 4. The first-order valence-corrected chi connectivity index (χ1v) is 8.41. The lowest BCUT2D eigenvalue weighted by Gasteiger charge is -2.04. The largest absolute Gasteiger partial charge is 0.368 e. The SMILES string of the molecule is Cl.Cl.Cn1c2ccc(C3=NCCN3)cc2c2cc(C3=NCCN3)ccc21. The van der Waals surface area contributed by atoms with Gasteiger partial charge in [0, 0.05) is 53.1 Å². The summed E-state index contributed by atoms with van der Waals surface area (Å²) in [4.78, 5) is 9.10. The normalized spacial score (nSPS) is 15.7. The average Bonchev–Trinajstić information content (AvgIpc) is 3.36. The highest BCUT2D eigenvalue weighted by Gasteiger charge is 2.15. The first-order valence-electron chi connectivity index (χ1n) is 8.41. The van der Waals surface area contributed by atoms with E-state index in [-0.39, 0.29) is 24.8 Å². The molecule has 7 heteroatoms. The number of amidine groups is 2. The van der Waals surface area contributed by atoms with Crippen LogP contribution in [0, 0.1) is 0 Å². The van der Waals surface area contributed by atoms with Gasteiger partial charge in [0.2, 0.25) is 0 Å². The molecular formula is C19H21Cl2N5. The van der Waals surface area contributed by atoms with Crippen LogP contribution in [0.25, 0.3) is 21.8 Å². The van der Waals surface area contributed by atoms with E-state index in [4.69, 9.17) is 0 Å². The average molecular weight is 390 g/mol. The molecule has 2 aromatic carbocycles. The predicted octanol–water partition coefficient (Wildman–Crippen LogP) is 2.87. The molecule has 2 aliphatic heterocycles. The van der Waals surface area contributed by atoms with Gasteiger partial charge >= 0.3 is 0 Å². The molecule has 5 nitrogen and oxygen atoms in total. The molecule has 0 bridgehead atoms. The van der Waals surface area contributed by atoms with Crippen LogP contribution in [0.4, 0.5) is 0 Å². The van der Waals surface area contributed by atoms with Gasteiger partial charge in [-0.15, -0.1) is 24.8 Å². The molecule has 136 valence electrons.